The molecule has 2 heterocycles. The maximum Gasteiger partial charge on any atom is 0.236 e. The van der Waals surface area contributed by atoms with Gasteiger partial charge in [0.25, 0.3) is 0 Å². The van der Waals surface area contributed by atoms with Crippen LogP contribution in [0.3, 0.4) is 0 Å². The molecule has 31 heavy (non-hydrogen) atoms. The van der Waals surface area contributed by atoms with Crippen LogP contribution in [0.25, 0.3) is 0 Å². The summed E-state index contributed by atoms with van der Waals surface area (Å²) < 4.78 is 20.1. The van der Waals surface area contributed by atoms with Crippen LogP contribution in [0.1, 0.15) is 41.9 Å². The van der Waals surface area contributed by atoms with Crippen molar-refractivity contribution in [1.29, 1.82) is 0 Å². The van der Waals surface area contributed by atoms with E-state index in [1.54, 1.807) is 6.07 Å². The Hall–Kier alpha value is -1.95. The standard InChI is InChI=1S/C25H30ClFN2O2/c1-18-14-20(27)8-9-21(18)22-15-29(25(30)16-28-11-4-5-12-28)13-10-24(22)31-17-19-6-2-3-7-23(19)26/h2-3,6-9,14,22,24H,4-5,10-13,15-17H2,1H3. The predicted octanol–water partition coefficient (Wildman–Crippen LogP) is 4.78. The number of nitrogens with zero attached hydrogens (tertiary/aromatic N) is 2. The Labute approximate surface area is 188 Å². The fraction of sp³-hybridized carbons (Fsp3) is 0.480. The van der Waals surface area contributed by atoms with Gasteiger partial charge in [0.15, 0.2) is 0 Å². The molecule has 2 saturated heterocycles. The molecule has 2 aromatic rings. The number of amides is 1. The van der Waals surface area contributed by atoms with E-state index in [-0.39, 0.29) is 23.7 Å². The second kappa shape index (κ2) is 10.1. The molecule has 0 spiro atoms. The Morgan fingerprint density at radius 3 is 2.68 bits per heavy atom. The fourth-order valence-corrected chi connectivity index (χ4v) is 4.94. The van der Waals surface area contributed by atoms with Crippen LogP contribution in [-0.4, -0.2) is 54.5 Å². The number of piperidine rings is 1. The molecule has 2 unspecified atom stereocenters. The van der Waals surface area contributed by atoms with Gasteiger partial charge in [-0.05, 0) is 74.2 Å². The predicted molar refractivity (Wildman–Crippen MR) is 121 cm³/mol. The Balaban J connectivity index is 1.50. The van der Waals surface area contributed by atoms with Gasteiger partial charge in [0.2, 0.25) is 5.91 Å². The Kier molecular flexibility index (Phi) is 7.26. The average molecular weight is 445 g/mol. The molecule has 2 fully saturated rings. The first-order valence-corrected chi connectivity index (χ1v) is 11.5. The van der Waals surface area contributed by atoms with Crippen molar-refractivity contribution < 1.29 is 13.9 Å². The molecule has 0 N–H and O–H groups in total. The second-order valence-corrected chi connectivity index (χ2v) is 9.07. The highest BCUT2D eigenvalue weighted by Crippen LogP contribution is 2.33. The quantitative estimate of drug-likeness (QED) is 0.642. The number of carbonyl (C=O) groups is 1. The third kappa shape index (κ3) is 5.46. The highest BCUT2D eigenvalue weighted by molar-refractivity contribution is 6.31. The molecule has 166 valence electrons. The number of ether oxygens (including phenoxy) is 1. The van der Waals surface area contributed by atoms with E-state index in [9.17, 15) is 9.18 Å². The summed E-state index contributed by atoms with van der Waals surface area (Å²) in [5.74, 6) is -0.0665. The van der Waals surface area contributed by atoms with Crippen molar-refractivity contribution in [1.82, 2.24) is 9.80 Å². The van der Waals surface area contributed by atoms with Crippen LogP contribution in [0, 0.1) is 12.7 Å². The van der Waals surface area contributed by atoms with E-state index in [2.05, 4.69) is 4.90 Å². The topological polar surface area (TPSA) is 32.8 Å². The fourth-order valence-electron chi connectivity index (χ4n) is 4.75. The molecule has 2 aliphatic heterocycles. The maximum atomic E-state index is 13.7. The second-order valence-electron chi connectivity index (χ2n) is 8.66. The molecule has 0 saturated carbocycles. The summed E-state index contributed by atoms with van der Waals surface area (Å²) in [5.41, 5.74) is 2.89. The summed E-state index contributed by atoms with van der Waals surface area (Å²) in [7, 11) is 0. The van der Waals surface area contributed by atoms with Gasteiger partial charge in [-0.2, -0.15) is 0 Å². The van der Waals surface area contributed by atoms with Gasteiger partial charge in [0, 0.05) is 24.0 Å². The van der Waals surface area contributed by atoms with E-state index in [0.29, 0.717) is 31.3 Å². The van der Waals surface area contributed by atoms with Gasteiger partial charge in [-0.25, -0.2) is 4.39 Å². The molecule has 0 bridgehead atoms. The minimum Gasteiger partial charge on any atom is -0.373 e. The Morgan fingerprint density at radius 2 is 1.94 bits per heavy atom. The van der Waals surface area contributed by atoms with E-state index in [1.165, 1.54) is 18.9 Å². The number of carbonyl (C=O) groups excluding carboxylic acids is 1. The lowest BCUT2D eigenvalue weighted by Gasteiger charge is -2.40. The van der Waals surface area contributed by atoms with E-state index in [1.807, 2.05) is 42.2 Å². The summed E-state index contributed by atoms with van der Waals surface area (Å²) >= 11 is 6.30. The van der Waals surface area contributed by atoms with E-state index < -0.39 is 0 Å². The summed E-state index contributed by atoms with van der Waals surface area (Å²) in [4.78, 5) is 17.2. The molecule has 4 nitrogen and oxygen atoms in total. The average Bonchev–Trinajstić information content (AvgIpc) is 3.26. The molecule has 1 amide bonds. The monoisotopic (exact) mass is 444 g/mol. The van der Waals surface area contributed by atoms with Gasteiger partial charge < -0.3 is 9.64 Å². The van der Waals surface area contributed by atoms with Gasteiger partial charge in [0.05, 0.1) is 19.3 Å². The number of hydrogen-bond acceptors (Lipinski definition) is 3. The van der Waals surface area contributed by atoms with Crippen molar-refractivity contribution in [2.45, 2.75) is 44.8 Å². The van der Waals surface area contributed by atoms with Crippen LogP contribution in [0.2, 0.25) is 5.02 Å². The first kappa shape index (κ1) is 22.3. The highest BCUT2D eigenvalue weighted by Gasteiger charge is 2.34. The maximum absolute atomic E-state index is 13.7. The van der Waals surface area contributed by atoms with Crippen LogP contribution in [-0.2, 0) is 16.1 Å². The molecule has 0 aromatic heterocycles. The molecule has 2 aromatic carbocycles. The molecule has 2 atom stereocenters. The van der Waals surface area contributed by atoms with Crippen molar-refractivity contribution in [2.24, 2.45) is 0 Å². The highest BCUT2D eigenvalue weighted by atomic mass is 35.5. The molecule has 2 aliphatic rings. The molecule has 4 rings (SSSR count). The van der Waals surface area contributed by atoms with Crippen molar-refractivity contribution >= 4 is 17.5 Å². The lowest BCUT2D eigenvalue weighted by atomic mass is 9.85. The smallest absolute Gasteiger partial charge is 0.236 e. The van der Waals surface area contributed by atoms with Crippen molar-refractivity contribution in [3.8, 4) is 0 Å². The first-order chi connectivity index (χ1) is 15.0. The van der Waals surface area contributed by atoms with E-state index in [4.69, 9.17) is 16.3 Å². The van der Waals surface area contributed by atoms with Gasteiger partial charge in [-0.3, -0.25) is 9.69 Å². The van der Waals surface area contributed by atoms with Crippen molar-refractivity contribution in [3.05, 3.63) is 70.0 Å². The third-order valence-electron chi connectivity index (χ3n) is 6.50. The number of hydrogen-bond donors (Lipinski definition) is 0. The third-order valence-corrected chi connectivity index (χ3v) is 6.87. The number of halogens is 2. The van der Waals surface area contributed by atoms with Gasteiger partial charge in [-0.1, -0.05) is 35.9 Å². The molecule has 6 heteroatoms. The molecule has 0 aliphatic carbocycles. The SMILES string of the molecule is Cc1cc(F)ccc1C1CN(C(=O)CN2CCCC2)CCC1OCc1ccccc1Cl. The van der Waals surface area contributed by atoms with E-state index >= 15 is 0 Å². The summed E-state index contributed by atoms with van der Waals surface area (Å²) in [6, 6.07) is 12.6. The van der Waals surface area contributed by atoms with Crippen LogP contribution < -0.4 is 0 Å². The minimum atomic E-state index is -0.243. The van der Waals surface area contributed by atoms with Crippen LogP contribution in [0.4, 0.5) is 4.39 Å². The lowest BCUT2D eigenvalue weighted by Crippen LogP contribution is -2.48. The summed E-state index contributed by atoms with van der Waals surface area (Å²) in [5, 5.41) is 0.690. The molecular weight excluding hydrogens is 415 g/mol. The van der Waals surface area contributed by atoms with Crippen LogP contribution >= 0.6 is 11.6 Å². The van der Waals surface area contributed by atoms with Gasteiger partial charge in [0.1, 0.15) is 5.82 Å². The Bertz CT molecular complexity index is 916. The zero-order chi connectivity index (χ0) is 21.8. The number of benzene rings is 2. The first-order valence-electron chi connectivity index (χ1n) is 11.1. The summed E-state index contributed by atoms with van der Waals surface area (Å²) in [6.07, 6.45) is 3.03. The van der Waals surface area contributed by atoms with Crippen LogP contribution in [0.5, 0.6) is 0 Å². The minimum absolute atomic E-state index is 0.000587. The van der Waals surface area contributed by atoms with Crippen molar-refractivity contribution in [3.63, 3.8) is 0 Å². The number of likely N-dealkylation sites (tertiary alicyclic amines) is 2. The number of rotatable bonds is 6. The number of aryl methyl sites for hydroxylation is 1. The molecular formula is C25H30ClFN2O2. The van der Waals surface area contributed by atoms with E-state index in [0.717, 1.165) is 36.2 Å². The Morgan fingerprint density at radius 1 is 1.16 bits per heavy atom. The zero-order valence-electron chi connectivity index (χ0n) is 18.0. The zero-order valence-corrected chi connectivity index (χ0v) is 18.8. The van der Waals surface area contributed by atoms with Crippen molar-refractivity contribution in [2.75, 3.05) is 32.7 Å². The molecule has 0 radical (unpaired) electrons. The largest absolute Gasteiger partial charge is 0.373 e. The normalized spacial score (nSPS) is 22.1. The lowest BCUT2D eigenvalue weighted by molar-refractivity contribution is -0.135. The van der Waals surface area contributed by atoms with Gasteiger partial charge >= 0.3 is 0 Å². The van der Waals surface area contributed by atoms with Crippen LogP contribution in [0.15, 0.2) is 42.5 Å². The van der Waals surface area contributed by atoms with Gasteiger partial charge in [-0.15, -0.1) is 0 Å². The summed E-state index contributed by atoms with van der Waals surface area (Å²) in [6.45, 7) is 6.11.